The van der Waals surface area contributed by atoms with Gasteiger partial charge in [-0.25, -0.2) is 4.98 Å². The number of fused-ring (bicyclic) bond motifs is 1. The van der Waals surface area contributed by atoms with E-state index in [0.717, 1.165) is 16.7 Å². The zero-order chi connectivity index (χ0) is 15.0. The van der Waals surface area contributed by atoms with E-state index in [9.17, 15) is 4.79 Å². The average Bonchev–Trinajstić information content (AvgIpc) is 2.82. The first-order chi connectivity index (χ1) is 10.1. The highest BCUT2D eigenvalue weighted by Gasteiger charge is 2.15. The maximum atomic E-state index is 12.7. The molecular formula is C17H17N3O. The number of carbonyl (C=O) groups is 1. The van der Waals surface area contributed by atoms with Crippen LogP contribution in [0.5, 0.6) is 0 Å². The number of imidazole rings is 1. The number of nitrogens with zero attached hydrogens (tertiary/aromatic N) is 3. The van der Waals surface area contributed by atoms with E-state index in [1.165, 1.54) is 0 Å². The highest BCUT2D eigenvalue weighted by molar-refractivity contribution is 6.01. The predicted octanol–water partition coefficient (Wildman–Crippen LogP) is 3.10. The van der Waals surface area contributed by atoms with Crippen LogP contribution in [-0.2, 0) is 0 Å². The number of benzene rings is 2. The maximum Gasteiger partial charge on any atom is 0.263 e. The summed E-state index contributed by atoms with van der Waals surface area (Å²) in [5.74, 6) is 0.657. The highest BCUT2D eigenvalue weighted by atomic mass is 16.2. The molecule has 0 aliphatic rings. The van der Waals surface area contributed by atoms with E-state index in [1.807, 2.05) is 74.4 Å². The molecule has 2 aromatic carbocycles. The normalized spacial score (nSPS) is 10.8. The molecular weight excluding hydrogens is 262 g/mol. The Morgan fingerprint density at radius 1 is 1.05 bits per heavy atom. The lowest BCUT2D eigenvalue weighted by atomic mass is 10.2. The third-order valence-electron chi connectivity index (χ3n) is 3.56. The van der Waals surface area contributed by atoms with Gasteiger partial charge in [0, 0.05) is 25.3 Å². The van der Waals surface area contributed by atoms with Crippen molar-refractivity contribution >= 4 is 22.6 Å². The fraction of sp³-hybridized carbons (Fsp3) is 0.176. The van der Waals surface area contributed by atoms with Crippen molar-refractivity contribution in [2.24, 2.45) is 0 Å². The number of para-hydroxylation sites is 2. The lowest BCUT2D eigenvalue weighted by molar-refractivity contribution is 0.0962. The molecule has 0 aliphatic carbocycles. The van der Waals surface area contributed by atoms with Crippen LogP contribution in [0.2, 0.25) is 0 Å². The van der Waals surface area contributed by atoms with Crippen molar-refractivity contribution in [3.05, 3.63) is 59.9 Å². The van der Waals surface area contributed by atoms with Crippen LogP contribution in [0.25, 0.3) is 11.0 Å². The second-order valence-electron chi connectivity index (χ2n) is 5.23. The van der Waals surface area contributed by atoms with Crippen LogP contribution in [0.3, 0.4) is 0 Å². The van der Waals surface area contributed by atoms with Gasteiger partial charge >= 0.3 is 0 Å². The summed E-state index contributed by atoms with van der Waals surface area (Å²) in [4.78, 5) is 19.2. The van der Waals surface area contributed by atoms with Crippen molar-refractivity contribution in [1.82, 2.24) is 9.55 Å². The Bertz CT molecular complexity index is 801. The van der Waals surface area contributed by atoms with Gasteiger partial charge in [-0.3, -0.25) is 9.36 Å². The zero-order valence-corrected chi connectivity index (χ0v) is 12.4. The average molecular weight is 279 g/mol. The number of aromatic nitrogens is 2. The summed E-state index contributed by atoms with van der Waals surface area (Å²) < 4.78 is 1.67. The van der Waals surface area contributed by atoms with Crippen LogP contribution < -0.4 is 4.90 Å². The van der Waals surface area contributed by atoms with Crippen LogP contribution in [-0.4, -0.2) is 29.6 Å². The molecule has 21 heavy (non-hydrogen) atoms. The zero-order valence-electron chi connectivity index (χ0n) is 12.4. The topological polar surface area (TPSA) is 38.1 Å². The lowest BCUT2D eigenvalue weighted by Gasteiger charge is -2.12. The molecule has 0 unspecified atom stereocenters. The minimum atomic E-state index is -0.0495. The van der Waals surface area contributed by atoms with Crippen molar-refractivity contribution in [2.75, 3.05) is 19.0 Å². The predicted molar refractivity (Wildman–Crippen MR) is 85.0 cm³/mol. The summed E-state index contributed by atoms with van der Waals surface area (Å²) in [7, 11) is 3.95. The van der Waals surface area contributed by atoms with E-state index in [-0.39, 0.29) is 5.91 Å². The molecule has 0 aliphatic heterocycles. The highest BCUT2D eigenvalue weighted by Crippen LogP contribution is 2.19. The van der Waals surface area contributed by atoms with E-state index in [2.05, 4.69) is 4.98 Å². The fourth-order valence-electron chi connectivity index (χ4n) is 2.43. The third kappa shape index (κ3) is 2.29. The molecule has 0 spiro atoms. The smallest absolute Gasteiger partial charge is 0.263 e. The molecule has 3 rings (SSSR count). The van der Waals surface area contributed by atoms with Crippen LogP contribution in [0.4, 0.5) is 5.69 Å². The van der Waals surface area contributed by atoms with Gasteiger partial charge < -0.3 is 4.90 Å². The first-order valence-electron chi connectivity index (χ1n) is 6.84. The molecule has 3 aromatic rings. The number of hydrogen-bond donors (Lipinski definition) is 0. The van der Waals surface area contributed by atoms with Crippen molar-refractivity contribution in [1.29, 1.82) is 0 Å². The van der Waals surface area contributed by atoms with Crippen molar-refractivity contribution in [3.63, 3.8) is 0 Å². The Hall–Kier alpha value is -2.62. The van der Waals surface area contributed by atoms with Gasteiger partial charge in [0.25, 0.3) is 5.91 Å². The van der Waals surface area contributed by atoms with Crippen LogP contribution >= 0.6 is 0 Å². The number of aryl methyl sites for hydroxylation is 1. The van der Waals surface area contributed by atoms with Crippen molar-refractivity contribution in [2.45, 2.75) is 6.92 Å². The van der Waals surface area contributed by atoms with E-state index >= 15 is 0 Å². The van der Waals surface area contributed by atoms with Crippen molar-refractivity contribution in [3.8, 4) is 0 Å². The largest absolute Gasteiger partial charge is 0.378 e. The fourth-order valence-corrected chi connectivity index (χ4v) is 2.43. The molecule has 0 amide bonds. The molecule has 1 aromatic heterocycles. The summed E-state index contributed by atoms with van der Waals surface area (Å²) in [5.41, 5.74) is 3.41. The molecule has 106 valence electrons. The summed E-state index contributed by atoms with van der Waals surface area (Å²) in [5, 5.41) is 0. The second kappa shape index (κ2) is 5.05. The number of carbonyl (C=O) groups excluding carboxylic acids is 1. The van der Waals surface area contributed by atoms with Gasteiger partial charge in [-0.05, 0) is 43.3 Å². The molecule has 4 heteroatoms. The van der Waals surface area contributed by atoms with Gasteiger partial charge in [0.1, 0.15) is 5.82 Å². The number of anilines is 1. The van der Waals surface area contributed by atoms with E-state index in [1.54, 1.807) is 4.57 Å². The van der Waals surface area contributed by atoms with Crippen LogP contribution in [0.1, 0.15) is 16.2 Å². The van der Waals surface area contributed by atoms with Gasteiger partial charge in [0.15, 0.2) is 0 Å². The molecule has 0 radical (unpaired) electrons. The van der Waals surface area contributed by atoms with Crippen LogP contribution in [0.15, 0.2) is 48.5 Å². The first-order valence-corrected chi connectivity index (χ1v) is 6.84. The quantitative estimate of drug-likeness (QED) is 0.723. The molecule has 0 atom stereocenters. The van der Waals surface area contributed by atoms with Crippen molar-refractivity contribution < 1.29 is 4.79 Å². The van der Waals surface area contributed by atoms with E-state index < -0.39 is 0 Å². The van der Waals surface area contributed by atoms with Gasteiger partial charge in [-0.15, -0.1) is 0 Å². The molecule has 1 heterocycles. The monoisotopic (exact) mass is 279 g/mol. The maximum absolute atomic E-state index is 12.7. The Morgan fingerprint density at radius 3 is 2.38 bits per heavy atom. The number of rotatable bonds is 2. The Kier molecular flexibility index (Phi) is 3.22. The molecule has 0 N–H and O–H groups in total. The Balaban J connectivity index is 2.06. The van der Waals surface area contributed by atoms with Gasteiger partial charge in [0.2, 0.25) is 0 Å². The standard InChI is InChI=1S/C17H17N3O/c1-12-18-15-6-4-5-7-16(15)20(12)17(21)13-8-10-14(11-9-13)19(2)3/h4-11H,1-3H3. The molecule has 0 saturated carbocycles. The first kappa shape index (κ1) is 13.4. The second-order valence-corrected chi connectivity index (χ2v) is 5.23. The summed E-state index contributed by atoms with van der Waals surface area (Å²) in [6, 6.07) is 15.3. The molecule has 0 bridgehead atoms. The SMILES string of the molecule is Cc1nc2ccccc2n1C(=O)c1ccc(N(C)C)cc1. The summed E-state index contributed by atoms with van der Waals surface area (Å²) in [6.45, 7) is 1.85. The number of hydrogen-bond acceptors (Lipinski definition) is 3. The van der Waals surface area contributed by atoms with Gasteiger partial charge in [-0.2, -0.15) is 0 Å². The lowest BCUT2D eigenvalue weighted by Crippen LogP contribution is -2.14. The molecule has 0 fully saturated rings. The van der Waals surface area contributed by atoms with Gasteiger partial charge in [0.05, 0.1) is 11.0 Å². The van der Waals surface area contributed by atoms with Gasteiger partial charge in [-0.1, -0.05) is 12.1 Å². The minimum absolute atomic E-state index is 0.0495. The van der Waals surface area contributed by atoms with Crippen LogP contribution in [0, 0.1) is 6.92 Å². The minimum Gasteiger partial charge on any atom is -0.378 e. The Morgan fingerprint density at radius 2 is 1.71 bits per heavy atom. The third-order valence-corrected chi connectivity index (χ3v) is 3.56. The van der Waals surface area contributed by atoms with E-state index in [0.29, 0.717) is 11.4 Å². The summed E-state index contributed by atoms with van der Waals surface area (Å²) >= 11 is 0. The Labute approximate surface area is 123 Å². The van der Waals surface area contributed by atoms with E-state index in [4.69, 9.17) is 0 Å². The molecule has 0 saturated heterocycles. The summed E-state index contributed by atoms with van der Waals surface area (Å²) in [6.07, 6.45) is 0. The molecule has 4 nitrogen and oxygen atoms in total.